The Morgan fingerprint density at radius 1 is 0.909 bits per heavy atom. The first-order chi connectivity index (χ1) is 10.9. The molecule has 0 bridgehead atoms. The summed E-state index contributed by atoms with van der Waals surface area (Å²) in [7, 11) is 0. The van der Waals surface area contributed by atoms with Crippen LogP contribution in [-0.2, 0) is 0 Å². The zero-order chi connectivity index (χ0) is 14.8. The van der Waals surface area contributed by atoms with E-state index >= 15 is 0 Å². The van der Waals surface area contributed by atoms with Gasteiger partial charge >= 0.3 is 0 Å². The number of benzene rings is 1. The van der Waals surface area contributed by atoms with Gasteiger partial charge in [-0.05, 0) is 35.4 Å². The molecule has 1 saturated heterocycles. The molecule has 2 heterocycles. The van der Waals surface area contributed by atoms with E-state index in [1.165, 1.54) is 25.7 Å². The third-order valence-corrected chi connectivity index (χ3v) is 4.89. The summed E-state index contributed by atoms with van der Waals surface area (Å²) in [6.07, 6.45) is 5.55. The van der Waals surface area contributed by atoms with E-state index in [9.17, 15) is 0 Å². The normalized spacial score (nSPS) is 20.6. The molecule has 6 nitrogen and oxygen atoms in total. The Balaban J connectivity index is 1.47. The molecule has 22 heavy (non-hydrogen) atoms. The Labute approximate surface area is 130 Å². The van der Waals surface area contributed by atoms with Crippen LogP contribution >= 0.6 is 0 Å². The second-order valence-electron chi connectivity index (χ2n) is 6.19. The zero-order valence-electron chi connectivity index (χ0n) is 12.8. The van der Waals surface area contributed by atoms with Crippen LogP contribution in [0, 0.1) is 0 Å². The minimum Gasteiger partial charge on any atom is -0.337 e. The summed E-state index contributed by atoms with van der Waals surface area (Å²) in [4.78, 5) is 4.96. The van der Waals surface area contributed by atoms with E-state index in [0.29, 0.717) is 0 Å². The second kappa shape index (κ2) is 6.04. The van der Waals surface area contributed by atoms with Crippen molar-refractivity contribution in [2.24, 2.45) is 0 Å². The van der Waals surface area contributed by atoms with Crippen LogP contribution < -0.4 is 4.90 Å². The average molecular weight is 298 g/mol. The lowest BCUT2D eigenvalue weighted by Gasteiger charge is -2.38. The summed E-state index contributed by atoms with van der Waals surface area (Å²) in [5, 5.41) is 12.3. The minimum atomic E-state index is 0.812. The molecule has 1 aliphatic heterocycles. The predicted octanol–water partition coefficient (Wildman–Crippen LogP) is 1.73. The first-order valence-corrected chi connectivity index (χ1v) is 8.24. The number of tetrazole rings is 1. The molecule has 2 aromatic rings. The highest BCUT2D eigenvalue weighted by Gasteiger charge is 2.28. The zero-order valence-corrected chi connectivity index (χ0v) is 12.8. The van der Waals surface area contributed by atoms with Crippen LogP contribution in [0.4, 0.5) is 5.95 Å². The van der Waals surface area contributed by atoms with Gasteiger partial charge in [-0.3, -0.25) is 4.90 Å². The molecule has 1 saturated carbocycles. The molecule has 4 rings (SSSR count). The largest absolute Gasteiger partial charge is 0.337 e. The summed E-state index contributed by atoms with van der Waals surface area (Å²) >= 11 is 0. The van der Waals surface area contributed by atoms with Crippen molar-refractivity contribution in [2.75, 3.05) is 31.1 Å². The van der Waals surface area contributed by atoms with Crippen LogP contribution in [0.2, 0.25) is 0 Å². The highest BCUT2D eigenvalue weighted by atomic mass is 15.6. The maximum atomic E-state index is 4.25. The molecule has 0 atom stereocenters. The number of para-hydroxylation sites is 1. The molecule has 0 spiro atoms. The van der Waals surface area contributed by atoms with Gasteiger partial charge in [0, 0.05) is 32.2 Å². The SMILES string of the molecule is c1ccc(-n2nnnc2N2CCN(C3CCCC3)CC2)cc1. The Hall–Kier alpha value is -1.95. The number of piperazine rings is 1. The summed E-state index contributed by atoms with van der Waals surface area (Å²) in [5.74, 6) is 0.859. The lowest BCUT2D eigenvalue weighted by atomic mass is 10.2. The van der Waals surface area contributed by atoms with E-state index in [2.05, 4.69) is 25.3 Å². The van der Waals surface area contributed by atoms with Crippen LogP contribution in [0.15, 0.2) is 30.3 Å². The third kappa shape index (κ3) is 2.59. The van der Waals surface area contributed by atoms with Crippen molar-refractivity contribution in [1.29, 1.82) is 0 Å². The van der Waals surface area contributed by atoms with E-state index in [0.717, 1.165) is 43.9 Å². The van der Waals surface area contributed by atoms with Gasteiger partial charge in [-0.15, -0.1) is 0 Å². The Morgan fingerprint density at radius 2 is 1.64 bits per heavy atom. The van der Waals surface area contributed by atoms with Crippen LogP contribution in [0.3, 0.4) is 0 Å². The molecular formula is C16H22N6. The van der Waals surface area contributed by atoms with Crippen molar-refractivity contribution in [3.8, 4) is 5.69 Å². The van der Waals surface area contributed by atoms with Gasteiger partial charge in [0.1, 0.15) is 0 Å². The lowest BCUT2D eigenvalue weighted by Crippen LogP contribution is -2.50. The number of nitrogens with zero attached hydrogens (tertiary/aromatic N) is 6. The van der Waals surface area contributed by atoms with Crippen molar-refractivity contribution < 1.29 is 0 Å². The Bertz CT molecular complexity index is 596. The number of aromatic nitrogens is 4. The van der Waals surface area contributed by atoms with Crippen LogP contribution in [0.5, 0.6) is 0 Å². The molecule has 116 valence electrons. The first-order valence-electron chi connectivity index (χ1n) is 8.24. The summed E-state index contributed by atoms with van der Waals surface area (Å²) in [5.41, 5.74) is 1.01. The summed E-state index contributed by atoms with van der Waals surface area (Å²) < 4.78 is 1.84. The molecular weight excluding hydrogens is 276 g/mol. The van der Waals surface area contributed by atoms with E-state index in [1.807, 2.05) is 35.0 Å². The molecule has 0 unspecified atom stereocenters. The molecule has 1 aliphatic carbocycles. The van der Waals surface area contributed by atoms with E-state index in [-0.39, 0.29) is 0 Å². The summed E-state index contributed by atoms with van der Waals surface area (Å²) in [6.45, 7) is 4.24. The van der Waals surface area contributed by atoms with Gasteiger partial charge < -0.3 is 4.90 Å². The lowest BCUT2D eigenvalue weighted by molar-refractivity contribution is 0.186. The third-order valence-electron chi connectivity index (χ3n) is 4.89. The van der Waals surface area contributed by atoms with E-state index in [1.54, 1.807) is 0 Å². The van der Waals surface area contributed by atoms with E-state index in [4.69, 9.17) is 0 Å². The van der Waals surface area contributed by atoms with Crippen molar-refractivity contribution in [3.05, 3.63) is 30.3 Å². The van der Waals surface area contributed by atoms with Crippen molar-refractivity contribution in [1.82, 2.24) is 25.1 Å². The van der Waals surface area contributed by atoms with Gasteiger partial charge in [0.05, 0.1) is 5.69 Å². The van der Waals surface area contributed by atoms with Gasteiger partial charge in [0.2, 0.25) is 5.95 Å². The highest BCUT2D eigenvalue weighted by molar-refractivity contribution is 5.40. The monoisotopic (exact) mass is 298 g/mol. The Morgan fingerprint density at radius 3 is 2.36 bits per heavy atom. The first kappa shape index (κ1) is 13.7. The minimum absolute atomic E-state index is 0.812. The van der Waals surface area contributed by atoms with Gasteiger partial charge in [0.25, 0.3) is 0 Å². The molecule has 1 aromatic heterocycles. The van der Waals surface area contributed by atoms with Crippen LogP contribution in [0.25, 0.3) is 5.69 Å². The van der Waals surface area contributed by atoms with Gasteiger partial charge in [0.15, 0.2) is 0 Å². The molecule has 0 N–H and O–H groups in total. The molecule has 6 heteroatoms. The summed E-state index contributed by atoms with van der Waals surface area (Å²) in [6, 6.07) is 10.9. The van der Waals surface area contributed by atoms with Gasteiger partial charge in [-0.2, -0.15) is 4.68 Å². The second-order valence-corrected chi connectivity index (χ2v) is 6.19. The van der Waals surface area contributed by atoms with Crippen molar-refractivity contribution in [3.63, 3.8) is 0 Å². The van der Waals surface area contributed by atoms with Crippen LogP contribution in [0.1, 0.15) is 25.7 Å². The Kier molecular flexibility index (Phi) is 3.76. The maximum absolute atomic E-state index is 4.25. The number of hydrogen-bond acceptors (Lipinski definition) is 5. The standard InChI is InChI=1S/C16H22N6/c1-2-8-15(9-3-1)22-16(17-18-19-22)21-12-10-20(11-13-21)14-6-4-5-7-14/h1-3,8-9,14H,4-7,10-13H2. The van der Waals surface area contributed by atoms with E-state index < -0.39 is 0 Å². The predicted molar refractivity (Wildman–Crippen MR) is 85.2 cm³/mol. The van der Waals surface area contributed by atoms with Crippen molar-refractivity contribution in [2.45, 2.75) is 31.7 Å². The molecule has 0 amide bonds. The number of rotatable bonds is 3. The fourth-order valence-corrected chi connectivity index (χ4v) is 3.67. The van der Waals surface area contributed by atoms with Crippen LogP contribution in [-0.4, -0.2) is 57.3 Å². The highest BCUT2D eigenvalue weighted by Crippen LogP contribution is 2.25. The fourth-order valence-electron chi connectivity index (χ4n) is 3.67. The number of hydrogen-bond donors (Lipinski definition) is 0. The van der Waals surface area contributed by atoms with Crippen molar-refractivity contribution >= 4 is 5.95 Å². The molecule has 2 aliphatic rings. The number of anilines is 1. The molecule has 0 radical (unpaired) electrons. The molecule has 1 aromatic carbocycles. The van der Waals surface area contributed by atoms with Gasteiger partial charge in [-0.1, -0.05) is 36.1 Å². The topological polar surface area (TPSA) is 50.1 Å². The smallest absolute Gasteiger partial charge is 0.250 e. The quantitative estimate of drug-likeness (QED) is 0.863. The van der Waals surface area contributed by atoms with Gasteiger partial charge in [-0.25, -0.2) is 0 Å². The average Bonchev–Trinajstić information content (AvgIpc) is 3.28. The maximum Gasteiger partial charge on any atom is 0.250 e. The molecule has 2 fully saturated rings. The fraction of sp³-hybridized carbons (Fsp3) is 0.562.